The number of nitrogens with zero attached hydrogens (tertiary/aromatic N) is 1. The number of hydrogen-bond donors (Lipinski definition) is 8. The minimum atomic E-state index is -1.47. The lowest BCUT2D eigenvalue weighted by Crippen LogP contribution is -2.55. The number of nitrogens with two attached hydrogens (primary N) is 2. The third-order valence-electron chi connectivity index (χ3n) is 3.90. The molecule has 0 radical (unpaired) electrons. The first-order valence-corrected chi connectivity index (χ1v) is 8.80. The second kappa shape index (κ2) is 11.5. The topological polar surface area (TPSA) is 243 Å². The van der Waals surface area contributed by atoms with Crippen molar-refractivity contribution in [1.82, 2.24) is 25.9 Å². The highest BCUT2D eigenvalue weighted by Crippen LogP contribution is 2.01. The second-order valence-corrected chi connectivity index (χ2v) is 6.46. The maximum Gasteiger partial charge on any atom is 0.326 e. The number of aliphatic hydroxyl groups is 1. The highest BCUT2D eigenvalue weighted by molar-refractivity contribution is 5.95. The number of primary amides is 1. The lowest BCUT2D eigenvalue weighted by Gasteiger charge is -2.21. The van der Waals surface area contributed by atoms with Crippen LogP contribution < -0.4 is 27.4 Å². The average Bonchev–Trinajstić information content (AvgIpc) is 3.16. The number of amides is 4. The smallest absolute Gasteiger partial charge is 0.326 e. The Kier molecular flexibility index (Phi) is 9.38. The molecule has 1 aromatic rings. The van der Waals surface area contributed by atoms with Gasteiger partial charge in [-0.2, -0.15) is 0 Å². The summed E-state index contributed by atoms with van der Waals surface area (Å²) in [5.74, 6) is -4.89. The zero-order valence-electron chi connectivity index (χ0n) is 16.1. The van der Waals surface area contributed by atoms with E-state index in [2.05, 4.69) is 25.9 Å². The summed E-state index contributed by atoms with van der Waals surface area (Å²) in [4.78, 5) is 65.2. The van der Waals surface area contributed by atoms with Gasteiger partial charge in [-0.15, -0.1) is 0 Å². The van der Waals surface area contributed by atoms with E-state index in [-0.39, 0.29) is 6.42 Å². The van der Waals surface area contributed by atoms with E-state index in [1.54, 1.807) is 0 Å². The van der Waals surface area contributed by atoms with Gasteiger partial charge < -0.3 is 42.6 Å². The van der Waals surface area contributed by atoms with Crippen LogP contribution in [-0.4, -0.2) is 80.6 Å². The summed E-state index contributed by atoms with van der Waals surface area (Å²) < 4.78 is 0. The van der Waals surface area contributed by atoms with Crippen LogP contribution >= 0.6 is 0 Å². The van der Waals surface area contributed by atoms with E-state index >= 15 is 0 Å². The summed E-state index contributed by atoms with van der Waals surface area (Å²) in [5.41, 5.74) is 10.9. The number of carbonyl (C=O) groups is 5. The van der Waals surface area contributed by atoms with Crippen molar-refractivity contribution in [2.24, 2.45) is 11.5 Å². The van der Waals surface area contributed by atoms with Crippen molar-refractivity contribution in [2.45, 2.75) is 44.0 Å². The Balaban J connectivity index is 2.73. The first-order valence-electron chi connectivity index (χ1n) is 8.80. The predicted molar refractivity (Wildman–Crippen MR) is 100 cm³/mol. The first kappa shape index (κ1) is 24.5. The lowest BCUT2D eigenvalue weighted by molar-refractivity contribution is -0.142. The van der Waals surface area contributed by atoms with Crippen LogP contribution in [0, 0.1) is 0 Å². The SMILES string of the molecule is CC(O)C(N)C(=O)NCC(=O)NC(CC(N)=O)C(=O)NC(Cc1cnc[nH]1)C(=O)O. The van der Waals surface area contributed by atoms with Crippen LogP contribution in [0.25, 0.3) is 0 Å². The van der Waals surface area contributed by atoms with Crippen molar-refractivity contribution in [2.75, 3.05) is 6.54 Å². The van der Waals surface area contributed by atoms with E-state index < -0.39 is 66.8 Å². The highest BCUT2D eigenvalue weighted by Gasteiger charge is 2.28. The fourth-order valence-electron chi connectivity index (χ4n) is 2.25. The number of hydrogen-bond acceptors (Lipinski definition) is 8. The van der Waals surface area contributed by atoms with Crippen molar-refractivity contribution in [3.63, 3.8) is 0 Å². The zero-order valence-corrected chi connectivity index (χ0v) is 16.1. The summed E-state index contributed by atoms with van der Waals surface area (Å²) in [6.07, 6.45) is 0.847. The number of aliphatic hydroxyl groups excluding tert-OH is 1. The molecular formula is C16H25N7O7. The van der Waals surface area contributed by atoms with Crippen molar-refractivity contribution in [1.29, 1.82) is 0 Å². The summed E-state index contributed by atoms with van der Waals surface area (Å²) >= 11 is 0. The maximum absolute atomic E-state index is 12.4. The van der Waals surface area contributed by atoms with E-state index in [9.17, 15) is 34.2 Å². The summed E-state index contributed by atoms with van der Waals surface area (Å²) in [5, 5.41) is 25.1. The van der Waals surface area contributed by atoms with Crippen LogP contribution in [0.1, 0.15) is 19.0 Å². The summed E-state index contributed by atoms with van der Waals surface area (Å²) in [6.45, 7) is 0.692. The molecule has 166 valence electrons. The molecule has 0 fully saturated rings. The highest BCUT2D eigenvalue weighted by atomic mass is 16.4. The normalized spacial score (nSPS) is 14.6. The number of imidazole rings is 1. The van der Waals surface area contributed by atoms with Gasteiger partial charge in [-0.05, 0) is 6.92 Å². The van der Waals surface area contributed by atoms with E-state index in [4.69, 9.17) is 11.5 Å². The summed E-state index contributed by atoms with van der Waals surface area (Å²) in [6, 6.07) is -4.10. The maximum atomic E-state index is 12.4. The Morgan fingerprint density at radius 3 is 2.33 bits per heavy atom. The molecule has 4 amide bonds. The van der Waals surface area contributed by atoms with Gasteiger partial charge in [-0.25, -0.2) is 9.78 Å². The van der Waals surface area contributed by atoms with Crippen molar-refractivity contribution < 1.29 is 34.2 Å². The van der Waals surface area contributed by atoms with Gasteiger partial charge in [-0.3, -0.25) is 19.2 Å². The molecule has 0 bridgehead atoms. The average molecular weight is 427 g/mol. The standard InChI is InChI=1S/C16H25N7O7/c1-7(24)13(18)15(28)20-5-12(26)22-9(3-11(17)25)14(27)23-10(16(29)30)2-8-4-19-6-21-8/h4,6-7,9-10,13,24H,2-3,5,18H2,1H3,(H2,17,25)(H,19,21)(H,20,28)(H,22,26)(H,23,27)(H,29,30). The predicted octanol–water partition coefficient (Wildman–Crippen LogP) is -4.29. The third kappa shape index (κ3) is 8.24. The van der Waals surface area contributed by atoms with Gasteiger partial charge in [0.25, 0.3) is 0 Å². The van der Waals surface area contributed by atoms with Gasteiger partial charge in [0, 0.05) is 18.3 Å². The molecule has 0 aliphatic heterocycles. The molecule has 1 rings (SSSR count). The van der Waals surface area contributed by atoms with Crippen LogP contribution in [0.5, 0.6) is 0 Å². The van der Waals surface area contributed by atoms with E-state index in [0.717, 1.165) is 0 Å². The molecule has 0 aliphatic rings. The molecule has 0 aliphatic carbocycles. The minimum Gasteiger partial charge on any atom is -0.480 e. The van der Waals surface area contributed by atoms with Gasteiger partial charge in [0.1, 0.15) is 18.1 Å². The number of aromatic nitrogens is 2. The van der Waals surface area contributed by atoms with Gasteiger partial charge in [0.2, 0.25) is 23.6 Å². The fraction of sp³-hybridized carbons (Fsp3) is 0.500. The second-order valence-electron chi connectivity index (χ2n) is 6.46. The molecule has 1 heterocycles. The molecule has 1 aromatic heterocycles. The van der Waals surface area contributed by atoms with Crippen molar-refractivity contribution in [3.8, 4) is 0 Å². The number of nitrogens with one attached hydrogen (secondary N) is 4. The summed E-state index contributed by atoms with van der Waals surface area (Å²) in [7, 11) is 0. The molecule has 10 N–H and O–H groups in total. The monoisotopic (exact) mass is 427 g/mol. The van der Waals surface area contributed by atoms with E-state index in [1.807, 2.05) is 0 Å². The molecule has 0 spiro atoms. The van der Waals surface area contributed by atoms with Crippen molar-refractivity contribution in [3.05, 3.63) is 18.2 Å². The number of rotatable bonds is 12. The minimum absolute atomic E-state index is 0.119. The van der Waals surface area contributed by atoms with Gasteiger partial charge in [0.05, 0.1) is 25.4 Å². The fourth-order valence-corrected chi connectivity index (χ4v) is 2.25. The van der Waals surface area contributed by atoms with Crippen LogP contribution in [-0.2, 0) is 30.4 Å². The van der Waals surface area contributed by atoms with E-state index in [1.165, 1.54) is 19.4 Å². The molecule has 14 heteroatoms. The quantitative estimate of drug-likeness (QED) is 0.161. The number of aromatic amines is 1. The van der Waals surface area contributed by atoms with Crippen LogP contribution in [0.3, 0.4) is 0 Å². The largest absolute Gasteiger partial charge is 0.480 e. The Bertz CT molecular complexity index is 766. The van der Waals surface area contributed by atoms with Crippen LogP contribution in [0.4, 0.5) is 0 Å². The molecule has 0 aromatic carbocycles. The van der Waals surface area contributed by atoms with Gasteiger partial charge in [0.15, 0.2) is 0 Å². The molecular weight excluding hydrogens is 402 g/mol. The Morgan fingerprint density at radius 1 is 1.17 bits per heavy atom. The first-order chi connectivity index (χ1) is 14.0. The van der Waals surface area contributed by atoms with Gasteiger partial charge in [-0.1, -0.05) is 0 Å². The van der Waals surface area contributed by atoms with E-state index in [0.29, 0.717) is 5.69 Å². The number of H-pyrrole nitrogens is 1. The lowest BCUT2D eigenvalue weighted by atomic mass is 10.1. The molecule has 30 heavy (non-hydrogen) atoms. The molecule has 0 saturated heterocycles. The Hall–Kier alpha value is -3.52. The number of carbonyl (C=O) groups excluding carboxylic acids is 4. The Morgan fingerprint density at radius 2 is 1.83 bits per heavy atom. The van der Waals surface area contributed by atoms with Crippen LogP contribution in [0.2, 0.25) is 0 Å². The number of aliphatic carboxylic acids is 1. The van der Waals surface area contributed by atoms with Crippen LogP contribution in [0.15, 0.2) is 12.5 Å². The molecule has 4 unspecified atom stereocenters. The third-order valence-corrected chi connectivity index (χ3v) is 3.90. The zero-order chi connectivity index (χ0) is 22.8. The molecule has 4 atom stereocenters. The molecule has 14 nitrogen and oxygen atoms in total. The van der Waals surface area contributed by atoms with Gasteiger partial charge >= 0.3 is 5.97 Å². The number of carboxylic acids is 1. The Labute approximate surface area is 170 Å². The van der Waals surface area contributed by atoms with Crippen molar-refractivity contribution >= 4 is 29.6 Å². The molecule has 0 saturated carbocycles. The number of carboxylic acid groups (broad SMARTS) is 1.